The van der Waals surface area contributed by atoms with Gasteiger partial charge in [-0.1, -0.05) is 13.8 Å². The van der Waals surface area contributed by atoms with Crippen molar-refractivity contribution >= 4 is 29.5 Å². The fourth-order valence-corrected chi connectivity index (χ4v) is 6.55. The molecule has 0 saturated heterocycles. The molecule has 0 atom stereocenters. The summed E-state index contributed by atoms with van der Waals surface area (Å²) < 4.78 is 14.0. The molecular weight excluding hydrogens is 702 g/mol. The fourth-order valence-electron chi connectivity index (χ4n) is 5.73. The molecule has 7 rings (SSSR count). The summed E-state index contributed by atoms with van der Waals surface area (Å²) in [5.41, 5.74) is 7.38. The molecule has 0 bridgehead atoms. The van der Waals surface area contributed by atoms with Crippen molar-refractivity contribution in [1.29, 1.82) is 0 Å². The van der Waals surface area contributed by atoms with Crippen molar-refractivity contribution < 1.29 is 24.1 Å². The van der Waals surface area contributed by atoms with Gasteiger partial charge in [-0.05, 0) is 24.5 Å². The molecule has 4 heterocycles. The predicted octanol–water partition coefficient (Wildman–Crippen LogP) is 7.15. The van der Waals surface area contributed by atoms with Gasteiger partial charge in [0.05, 0.1) is 0 Å². The molecule has 0 saturated carbocycles. The number of ether oxygens (including phenoxy) is 1. The molecule has 6 aromatic rings. The summed E-state index contributed by atoms with van der Waals surface area (Å²) in [6.45, 7) is 6.53. The van der Waals surface area contributed by atoms with Crippen molar-refractivity contribution in [3.8, 4) is 28.4 Å². The Hall–Kier alpha value is -4.16. The number of imidazole rings is 1. The molecule has 0 aliphatic carbocycles. The second-order valence-corrected chi connectivity index (χ2v) is 12.1. The van der Waals surface area contributed by atoms with E-state index in [9.17, 15) is 0 Å². The molecule has 0 fully saturated rings. The first kappa shape index (κ1) is 26.7. The zero-order valence-electron chi connectivity index (χ0n) is 23.9. The summed E-state index contributed by atoms with van der Waals surface area (Å²) in [6, 6.07) is 31.8. The van der Waals surface area contributed by atoms with Crippen molar-refractivity contribution in [2.45, 2.75) is 27.1 Å². The molecule has 0 N–H and O–H groups in total. The van der Waals surface area contributed by atoms with Gasteiger partial charge in [-0.2, -0.15) is 5.10 Å². The van der Waals surface area contributed by atoms with Crippen LogP contribution in [0.15, 0.2) is 85.2 Å². The maximum absolute atomic E-state index is 6.46. The van der Waals surface area contributed by atoms with Crippen LogP contribution >= 0.6 is 0 Å². The molecule has 7 nitrogen and oxygen atoms in total. The number of fused-ring (bicyclic) bond motifs is 4. The minimum absolute atomic E-state index is 0.0388. The molecule has 9 heteroatoms. The van der Waals surface area contributed by atoms with Crippen LogP contribution in [0.4, 0.5) is 11.5 Å². The molecule has 3 aromatic heterocycles. The molecular formula is C33H29BN6OPt-2. The minimum atomic E-state index is -0.0388. The Morgan fingerprint density at radius 3 is 2.55 bits per heavy atom. The Morgan fingerprint density at radius 1 is 0.929 bits per heavy atom. The number of hydrogen-bond donors (Lipinski definition) is 0. The van der Waals surface area contributed by atoms with Gasteiger partial charge in [0.15, 0.2) is 0 Å². The Labute approximate surface area is 256 Å². The van der Waals surface area contributed by atoms with E-state index in [0.717, 1.165) is 55.2 Å². The zero-order valence-corrected chi connectivity index (χ0v) is 26.1. The summed E-state index contributed by atoms with van der Waals surface area (Å²) in [5.74, 6) is 2.56. The van der Waals surface area contributed by atoms with Crippen LogP contribution < -0.4 is 9.55 Å². The normalized spacial score (nSPS) is 12.6. The number of benzene rings is 3. The van der Waals surface area contributed by atoms with E-state index in [2.05, 4.69) is 126 Å². The van der Waals surface area contributed by atoms with Crippen molar-refractivity contribution in [3.63, 3.8) is 0 Å². The van der Waals surface area contributed by atoms with E-state index < -0.39 is 0 Å². The molecule has 0 amide bonds. The second kappa shape index (κ2) is 10.6. The van der Waals surface area contributed by atoms with Crippen LogP contribution in [0.5, 0.6) is 11.5 Å². The van der Waals surface area contributed by atoms with Crippen LogP contribution in [0.25, 0.3) is 28.0 Å². The third-order valence-corrected chi connectivity index (χ3v) is 8.89. The average Bonchev–Trinajstić information content (AvgIpc) is 3.56. The Morgan fingerprint density at radius 2 is 1.74 bits per heavy atom. The van der Waals surface area contributed by atoms with Gasteiger partial charge in [0.25, 0.3) is 0 Å². The van der Waals surface area contributed by atoms with Gasteiger partial charge in [-0.25, -0.2) is 0 Å². The molecule has 3 aromatic carbocycles. The van der Waals surface area contributed by atoms with Crippen LogP contribution in [-0.4, -0.2) is 30.8 Å². The summed E-state index contributed by atoms with van der Waals surface area (Å²) >= 11 is 2.36. The van der Waals surface area contributed by atoms with Gasteiger partial charge in [-0.3, -0.25) is 0 Å². The molecule has 1 aliphatic rings. The van der Waals surface area contributed by atoms with Gasteiger partial charge in [0.1, 0.15) is 0 Å². The first-order chi connectivity index (χ1) is 20.4. The number of hydrogen-bond acceptors (Lipinski definition) is 4. The van der Waals surface area contributed by atoms with Crippen molar-refractivity contribution in [2.75, 3.05) is 4.81 Å². The number of aromatic nitrogens is 5. The molecule has 0 radical (unpaired) electrons. The number of pyridine rings is 1. The van der Waals surface area contributed by atoms with Gasteiger partial charge in [0, 0.05) is 12.4 Å². The first-order valence-corrected chi connectivity index (χ1v) is 15.2. The van der Waals surface area contributed by atoms with E-state index in [1.54, 1.807) is 0 Å². The van der Waals surface area contributed by atoms with E-state index in [-0.39, 0.29) is 6.98 Å². The Kier molecular flexibility index (Phi) is 6.74. The monoisotopic (exact) mass is 731 g/mol. The topological polar surface area (TPSA) is 53.0 Å². The van der Waals surface area contributed by atoms with E-state index in [4.69, 9.17) is 14.8 Å². The molecule has 212 valence electrons. The molecule has 0 spiro atoms. The zero-order chi connectivity index (χ0) is 29.0. The van der Waals surface area contributed by atoms with Crippen LogP contribution in [0.1, 0.15) is 19.4 Å². The van der Waals surface area contributed by atoms with Gasteiger partial charge >= 0.3 is 202 Å². The molecule has 1 aliphatic heterocycles. The van der Waals surface area contributed by atoms with Crippen LogP contribution in [-0.2, 0) is 26.4 Å². The second-order valence-electron chi connectivity index (χ2n) is 11.0. The van der Waals surface area contributed by atoms with E-state index in [0.29, 0.717) is 17.4 Å². The van der Waals surface area contributed by atoms with Gasteiger partial charge < -0.3 is 0 Å². The van der Waals surface area contributed by atoms with Crippen LogP contribution in [0, 0.1) is 28.8 Å². The summed E-state index contributed by atoms with van der Waals surface area (Å²) in [7, 11) is 2.08. The average molecular weight is 732 g/mol. The van der Waals surface area contributed by atoms with Crippen molar-refractivity contribution in [2.24, 2.45) is 13.0 Å². The van der Waals surface area contributed by atoms with Crippen LogP contribution in [0.2, 0.25) is 6.32 Å². The molecule has 0 unspecified atom stereocenters. The number of rotatable bonds is 6. The van der Waals surface area contributed by atoms with Gasteiger partial charge in [0.2, 0.25) is 0 Å². The summed E-state index contributed by atoms with van der Waals surface area (Å²) in [6.07, 6.45) is 4.64. The van der Waals surface area contributed by atoms with Crippen molar-refractivity contribution in [3.05, 3.63) is 107 Å². The van der Waals surface area contributed by atoms with E-state index in [1.807, 2.05) is 36.7 Å². The number of para-hydroxylation sites is 2. The maximum atomic E-state index is 6.46. The molecule has 42 heavy (non-hydrogen) atoms. The van der Waals surface area contributed by atoms with Crippen molar-refractivity contribution in [1.82, 2.24) is 23.8 Å². The third-order valence-electron chi connectivity index (χ3n) is 7.62. The van der Waals surface area contributed by atoms with Crippen LogP contribution in [0.3, 0.4) is 0 Å². The van der Waals surface area contributed by atoms with E-state index in [1.165, 1.54) is 0 Å². The summed E-state index contributed by atoms with van der Waals surface area (Å²) in [5, 5.41) is 4.74. The third kappa shape index (κ3) is 4.55. The summed E-state index contributed by atoms with van der Waals surface area (Å²) in [4.78, 5) is 7.04. The Bertz CT molecular complexity index is 2010. The fraction of sp³-hybridized carbons (Fsp3) is 0.182. The quantitative estimate of drug-likeness (QED) is 0.135. The first-order valence-electron chi connectivity index (χ1n) is 14.0. The Balaban J connectivity index is 1.31. The van der Waals surface area contributed by atoms with E-state index >= 15 is 0 Å². The number of anilines is 2. The van der Waals surface area contributed by atoms with Gasteiger partial charge in [-0.15, -0.1) is 0 Å². The number of nitrogens with zero attached hydrogens (tertiary/aromatic N) is 6. The standard InChI is InChI=1S/C33H29BN6O.Pt/c1-23(2)21-34-39(33-18-24(3)14-16-35-33)32-20-27(12-13-28(32)29-15-17-36-40(29)34)41-26-9-7-8-25(19-26)38-22-37(4)30-10-5-6-11-31(30)38;/h5-18,23H,21H2,1-4H3;/q-2;. The SMILES string of the molecule is Cc1ccnc(N2B(CC(C)C)n3nccc3-c3ccc(Oc4[c-]c(-n5[c](=[Pt])n(C)c6ccccc65)ccc4)[c-]c32)c1. The number of aryl methyl sites for hydroxylation is 2. The predicted molar refractivity (Wildman–Crippen MR) is 163 cm³/mol.